The van der Waals surface area contributed by atoms with Gasteiger partial charge in [0.25, 0.3) is 5.91 Å². The van der Waals surface area contributed by atoms with Crippen molar-refractivity contribution in [3.63, 3.8) is 0 Å². The number of fused-ring (bicyclic) bond motifs is 1. The van der Waals surface area contributed by atoms with Gasteiger partial charge in [-0.2, -0.15) is 4.98 Å². The van der Waals surface area contributed by atoms with E-state index in [0.717, 1.165) is 23.5 Å². The molecule has 146 valence electrons. The van der Waals surface area contributed by atoms with E-state index in [2.05, 4.69) is 39.0 Å². The zero-order valence-electron chi connectivity index (χ0n) is 15.4. The van der Waals surface area contributed by atoms with Gasteiger partial charge in [0.2, 0.25) is 5.89 Å². The molecule has 0 fully saturated rings. The Morgan fingerprint density at radius 1 is 1.21 bits per heavy atom. The van der Waals surface area contributed by atoms with Gasteiger partial charge in [-0.25, -0.2) is 0 Å². The lowest BCUT2D eigenvalue weighted by atomic mass is 10.1. The molecule has 0 bridgehead atoms. The molecule has 0 saturated carbocycles. The second-order valence-corrected chi connectivity index (χ2v) is 7.43. The molecule has 28 heavy (non-hydrogen) atoms. The number of aryl methyl sites for hydroxylation is 1. The van der Waals surface area contributed by atoms with Gasteiger partial charge in [0, 0.05) is 24.5 Å². The molecule has 2 heterocycles. The van der Waals surface area contributed by atoms with Crippen molar-refractivity contribution >= 4 is 30.1 Å². The molecule has 4 rings (SSSR count). The lowest BCUT2D eigenvalue weighted by Gasteiger charge is -2.10. The number of carbonyl (C=O) groups excluding carboxylic acids is 1. The fraction of sp³-hybridized carbons (Fsp3) is 0.250. The number of thioether (sulfide) groups is 1. The molecule has 3 aromatic rings. The predicted octanol–water partition coefficient (Wildman–Crippen LogP) is 3.63. The molecule has 0 aliphatic carbocycles. The van der Waals surface area contributed by atoms with Crippen LogP contribution in [0.15, 0.2) is 51.9 Å². The zero-order valence-corrected chi connectivity index (χ0v) is 17.0. The highest BCUT2D eigenvalue weighted by molar-refractivity contribution is 7.98. The van der Waals surface area contributed by atoms with Crippen molar-refractivity contribution in [3.8, 4) is 0 Å². The number of benzene rings is 2. The van der Waals surface area contributed by atoms with Crippen LogP contribution in [0.4, 0.5) is 0 Å². The summed E-state index contributed by atoms with van der Waals surface area (Å²) in [7, 11) is 0. The summed E-state index contributed by atoms with van der Waals surface area (Å²) < 4.78 is 5.14. The van der Waals surface area contributed by atoms with E-state index < -0.39 is 0 Å². The quantitative estimate of drug-likeness (QED) is 0.597. The Labute approximate surface area is 173 Å². The number of aromatic nitrogens is 2. The Hall–Kier alpha value is -2.35. The normalized spacial score (nSPS) is 12.3. The van der Waals surface area contributed by atoms with Gasteiger partial charge in [-0.1, -0.05) is 35.5 Å². The Kier molecular flexibility index (Phi) is 6.72. The highest BCUT2D eigenvalue weighted by atomic mass is 35.5. The Morgan fingerprint density at radius 2 is 2.04 bits per heavy atom. The third-order valence-electron chi connectivity index (χ3n) is 4.41. The number of hydrogen-bond donors (Lipinski definition) is 2. The maximum atomic E-state index is 12.7. The van der Waals surface area contributed by atoms with Gasteiger partial charge in [-0.3, -0.25) is 4.79 Å². The number of halogens is 1. The van der Waals surface area contributed by atoms with Crippen LogP contribution in [0.1, 0.15) is 38.8 Å². The highest BCUT2D eigenvalue weighted by Crippen LogP contribution is 2.26. The molecule has 2 aromatic carbocycles. The minimum Gasteiger partial charge on any atom is -0.348 e. The van der Waals surface area contributed by atoms with Gasteiger partial charge >= 0.3 is 0 Å². The van der Waals surface area contributed by atoms with Crippen molar-refractivity contribution in [1.29, 1.82) is 0 Å². The molecule has 1 amide bonds. The first-order chi connectivity index (χ1) is 13.2. The minimum absolute atomic E-state index is 0. The fourth-order valence-corrected chi connectivity index (χ4v) is 3.94. The standard InChI is InChI=1S/C20H20N4O2S.ClH/c1-13-23-19(26-24-13)12-27-18-5-3-2-4-17(18)20(25)22-9-14-6-7-15-10-21-11-16(15)8-14;/h2-8,21H,9-12H2,1H3,(H,22,25);1H. The number of nitrogens with zero attached hydrogens (tertiary/aromatic N) is 2. The maximum Gasteiger partial charge on any atom is 0.252 e. The smallest absolute Gasteiger partial charge is 0.252 e. The predicted molar refractivity (Wildman–Crippen MR) is 110 cm³/mol. The average molecular weight is 417 g/mol. The van der Waals surface area contributed by atoms with E-state index >= 15 is 0 Å². The molecule has 0 spiro atoms. The molecule has 6 nitrogen and oxygen atoms in total. The van der Waals surface area contributed by atoms with Crippen LogP contribution < -0.4 is 10.6 Å². The van der Waals surface area contributed by atoms with Gasteiger partial charge in [0.1, 0.15) is 0 Å². The number of hydrogen-bond acceptors (Lipinski definition) is 6. The van der Waals surface area contributed by atoms with E-state index in [4.69, 9.17) is 4.52 Å². The van der Waals surface area contributed by atoms with Gasteiger partial charge in [-0.15, -0.1) is 24.2 Å². The van der Waals surface area contributed by atoms with Crippen LogP contribution in [-0.2, 0) is 25.4 Å². The number of nitrogens with one attached hydrogen (secondary N) is 2. The first-order valence-electron chi connectivity index (χ1n) is 8.79. The zero-order chi connectivity index (χ0) is 18.6. The van der Waals surface area contributed by atoms with Gasteiger partial charge in [-0.05, 0) is 35.7 Å². The minimum atomic E-state index is -0.0848. The highest BCUT2D eigenvalue weighted by Gasteiger charge is 2.14. The second-order valence-electron chi connectivity index (χ2n) is 6.41. The summed E-state index contributed by atoms with van der Waals surface area (Å²) in [6, 6.07) is 13.9. The van der Waals surface area contributed by atoms with Crippen LogP contribution in [0.5, 0.6) is 0 Å². The molecular weight excluding hydrogens is 396 g/mol. The average Bonchev–Trinajstić information content (AvgIpc) is 3.32. The summed E-state index contributed by atoms with van der Waals surface area (Å²) in [6.45, 7) is 4.11. The molecule has 2 N–H and O–H groups in total. The largest absolute Gasteiger partial charge is 0.348 e. The number of amides is 1. The van der Waals surface area contributed by atoms with Crippen LogP contribution >= 0.6 is 24.2 Å². The Morgan fingerprint density at radius 3 is 2.86 bits per heavy atom. The van der Waals surface area contributed by atoms with Crippen LogP contribution in [0.25, 0.3) is 0 Å². The monoisotopic (exact) mass is 416 g/mol. The summed E-state index contributed by atoms with van der Waals surface area (Å²) in [6.07, 6.45) is 0. The first-order valence-corrected chi connectivity index (χ1v) is 9.78. The topological polar surface area (TPSA) is 80.0 Å². The van der Waals surface area contributed by atoms with Gasteiger partial charge in [0.15, 0.2) is 5.82 Å². The van der Waals surface area contributed by atoms with Crippen molar-refractivity contribution in [2.45, 2.75) is 37.2 Å². The number of carbonyl (C=O) groups is 1. The number of rotatable bonds is 6. The molecule has 0 unspecified atom stereocenters. The summed E-state index contributed by atoms with van der Waals surface area (Å²) in [4.78, 5) is 17.8. The molecular formula is C20H21ClN4O2S. The molecule has 0 saturated heterocycles. The lowest BCUT2D eigenvalue weighted by Crippen LogP contribution is -2.23. The molecule has 1 aliphatic heterocycles. The summed E-state index contributed by atoms with van der Waals surface area (Å²) in [5.41, 5.74) is 4.41. The fourth-order valence-electron chi connectivity index (χ4n) is 3.05. The molecule has 8 heteroatoms. The van der Waals surface area contributed by atoms with Crippen LogP contribution in [0.3, 0.4) is 0 Å². The summed E-state index contributed by atoms with van der Waals surface area (Å²) in [5, 5.41) is 10.2. The van der Waals surface area contributed by atoms with E-state index in [1.165, 1.54) is 22.9 Å². The first kappa shape index (κ1) is 20.4. The van der Waals surface area contributed by atoms with E-state index in [9.17, 15) is 4.79 Å². The SMILES string of the molecule is Cc1noc(CSc2ccccc2C(=O)NCc2ccc3c(c2)CNC3)n1.Cl. The van der Waals surface area contributed by atoms with E-state index in [-0.39, 0.29) is 18.3 Å². The van der Waals surface area contributed by atoms with Crippen LogP contribution in [0.2, 0.25) is 0 Å². The van der Waals surface area contributed by atoms with Gasteiger partial charge < -0.3 is 15.2 Å². The lowest BCUT2D eigenvalue weighted by molar-refractivity contribution is 0.0948. The van der Waals surface area contributed by atoms with Crippen molar-refractivity contribution in [2.75, 3.05) is 0 Å². The second kappa shape index (κ2) is 9.23. The van der Waals surface area contributed by atoms with Crippen LogP contribution in [-0.4, -0.2) is 16.0 Å². The third-order valence-corrected chi connectivity index (χ3v) is 5.47. The molecule has 0 atom stereocenters. The molecule has 1 aliphatic rings. The Bertz CT molecular complexity index is 976. The van der Waals surface area contributed by atoms with Crippen molar-refractivity contribution in [1.82, 2.24) is 20.8 Å². The molecule has 0 radical (unpaired) electrons. The Balaban J connectivity index is 0.00000225. The maximum absolute atomic E-state index is 12.7. The van der Waals surface area contributed by atoms with Crippen molar-refractivity contribution in [3.05, 3.63) is 76.4 Å². The summed E-state index contributed by atoms with van der Waals surface area (Å²) in [5.74, 6) is 1.61. The van der Waals surface area contributed by atoms with Gasteiger partial charge in [0.05, 0.1) is 11.3 Å². The van der Waals surface area contributed by atoms with E-state index in [0.29, 0.717) is 29.6 Å². The van der Waals surface area contributed by atoms with Crippen molar-refractivity contribution in [2.24, 2.45) is 0 Å². The van der Waals surface area contributed by atoms with E-state index in [1.54, 1.807) is 6.92 Å². The molecule has 1 aromatic heterocycles. The van der Waals surface area contributed by atoms with Crippen LogP contribution in [0, 0.1) is 6.92 Å². The summed E-state index contributed by atoms with van der Waals surface area (Å²) >= 11 is 1.51. The van der Waals surface area contributed by atoms with E-state index in [1.807, 2.05) is 24.3 Å². The third kappa shape index (κ3) is 4.73. The van der Waals surface area contributed by atoms with Crippen molar-refractivity contribution < 1.29 is 9.32 Å².